The number of amides is 3. The highest BCUT2D eigenvalue weighted by Gasteiger charge is 2.43. The Morgan fingerprint density at radius 3 is 2.19 bits per heavy atom. The molecule has 9 nitrogen and oxygen atoms in total. The number of fused-ring (bicyclic) bond motifs is 2. The van der Waals surface area contributed by atoms with Crippen LogP contribution in [0.1, 0.15) is 81.8 Å². The number of hydrogen-bond acceptors (Lipinski definition) is 6. The predicted octanol–water partition coefficient (Wildman–Crippen LogP) is 2.52. The lowest BCUT2D eigenvalue weighted by Crippen LogP contribution is -2.53. The van der Waals surface area contributed by atoms with Crippen molar-refractivity contribution in [3.63, 3.8) is 0 Å². The summed E-state index contributed by atoms with van der Waals surface area (Å²) in [7, 11) is -1.68. The van der Waals surface area contributed by atoms with Crippen molar-refractivity contribution in [2.24, 2.45) is 0 Å². The van der Waals surface area contributed by atoms with Crippen molar-refractivity contribution >= 4 is 25.0 Å². The van der Waals surface area contributed by atoms with Crippen LogP contribution in [0.5, 0.6) is 0 Å². The molecule has 0 spiro atoms. The standard InChI is InChI=1S/C26H38BN3O6/c31-24-14-8-6-4-2-1-3-5-7-13-23(27(34)35)28-25(32)22-15-21(18-30(22)24)36-26(33)29-16-19-11-9-10-12-20(19)17-29/h9-12,21-23,34-35H,1-8,13-18H2,(H,28,32)/t21-,22?,23?/m1/s1. The Labute approximate surface area is 213 Å². The molecule has 1 aromatic carbocycles. The van der Waals surface area contributed by atoms with E-state index in [1.807, 2.05) is 24.3 Å². The van der Waals surface area contributed by atoms with Crippen LogP contribution in [0.3, 0.4) is 0 Å². The van der Waals surface area contributed by atoms with Gasteiger partial charge in [-0.3, -0.25) is 14.5 Å². The topological polar surface area (TPSA) is 119 Å². The van der Waals surface area contributed by atoms with Gasteiger partial charge in [-0.2, -0.15) is 0 Å². The van der Waals surface area contributed by atoms with Gasteiger partial charge in [0.25, 0.3) is 0 Å². The van der Waals surface area contributed by atoms with Gasteiger partial charge in [-0.25, -0.2) is 4.79 Å². The van der Waals surface area contributed by atoms with E-state index in [0.717, 1.165) is 62.5 Å². The van der Waals surface area contributed by atoms with Gasteiger partial charge in [-0.1, -0.05) is 69.2 Å². The molecule has 3 N–H and O–H groups in total. The number of benzene rings is 1. The lowest BCUT2D eigenvalue weighted by molar-refractivity contribution is -0.138. The van der Waals surface area contributed by atoms with Gasteiger partial charge in [0.2, 0.25) is 11.8 Å². The first kappa shape index (κ1) is 26.5. The van der Waals surface area contributed by atoms with Crippen molar-refractivity contribution < 1.29 is 29.2 Å². The highest BCUT2D eigenvalue weighted by molar-refractivity contribution is 6.43. The van der Waals surface area contributed by atoms with E-state index in [9.17, 15) is 24.4 Å². The summed E-state index contributed by atoms with van der Waals surface area (Å²) in [5.74, 6) is -1.36. The molecule has 3 amide bonds. The molecule has 0 saturated carbocycles. The predicted molar refractivity (Wildman–Crippen MR) is 134 cm³/mol. The third kappa shape index (κ3) is 6.79. The summed E-state index contributed by atoms with van der Waals surface area (Å²) >= 11 is 0. The zero-order valence-corrected chi connectivity index (χ0v) is 20.9. The van der Waals surface area contributed by atoms with E-state index in [2.05, 4.69) is 5.32 Å². The van der Waals surface area contributed by atoms with Crippen molar-refractivity contribution in [2.45, 2.75) is 102 Å². The van der Waals surface area contributed by atoms with E-state index < -0.39 is 37.2 Å². The number of carbonyl (C=O) groups is 3. The molecule has 3 aliphatic heterocycles. The van der Waals surface area contributed by atoms with Gasteiger partial charge in [0.1, 0.15) is 12.1 Å². The van der Waals surface area contributed by atoms with Gasteiger partial charge in [0.15, 0.2) is 0 Å². The molecule has 0 aromatic heterocycles. The minimum Gasteiger partial charge on any atom is -0.444 e. The highest BCUT2D eigenvalue weighted by atomic mass is 16.6. The number of rotatable bonds is 2. The summed E-state index contributed by atoms with van der Waals surface area (Å²) in [5, 5.41) is 22.4. The summed E-state index contributed by atoms with van der Waals surface area (Å²) in [6, 6.07) is 7.06. The lowest BCUT2D eigenvalue weighted by atomic mass is 9.76. The Bertz CT molecular complexity index is 904. The second kappa shape index (κ2) is 12.6. The third-order valence-electron chi connectivity index (χ3n) is 7.60. The molecule has 36 heavy (non-hydrogen) atoms. The van der Waals surface area contributed by atoms with Crippen molar-refractivity contribution in [2.75, 3.05) is 6.54 Å². The second-order valence-corrected chi connectivity index (χ2v) is 10.3. The number of ether oxygens (including phenoxy) is 1. The molecule has 3 heterocycles. The summed E-state index contributed by atoms with van der Waals surface area (Å²) in [6.07, 6.45) is 7.85. The molecule has 2 unspecified atom stereocenters. The maximum absolute atomic E-state index is 13.2. The highest BCUT2D eigenvalue weighted by Crippen LogP contribution is 2.27. The van der Waals surface area contributed by atoms with E-state index in [0.29, 0.717) is 25.9 Å². The first-order valence-corrected chi connectivity index (χ1v) is 13.4. The lowest BCUT2D eigenvalue weighted by Gasteiger charge is -2.26. The van der Waals surface area contributed by atoms with Gasteiger partial charge < -0.3 is 25.0 Å². The largest absolute Gasteiger partial charge is 0.475 e. The van der Waals surface area contributed by atoms with Crippen LogP contribution < -0.4 is 5.32 Å². The minimum atomic E-state index is -1.68. The zero-order chi connectivity index (χ0) is 25.5. The normalized spacial score (nSPS) is 26.2. The monoisotopic (exact) mass is 499 g/mol. The smallest absolute Gasteiger partial charge is 0.444 e. The van der Waals surface area contributed by atoms with Crippen LogP contribution in [-0.4, -0.2) is 69.5 Å². The minimum absolute atomic E-state index is 0.129. The van der Waals surface area contributed by atoms with E-state index in [1.165, 1.54) is 4.90 Å². The Morgan fingerprint density at radius 2 is 1.56 bits per heavy atom. The van der Waals surface area contributed by atoms with Gasteiger partial charge in [-0.15, -0.1) is 0 Å². The molecule has 10 heteroatoms. The van der Waals surface area contributed by atoms with Crippen LogP contribution in [0, 0.1) is 0 Å². The van der Waals surface area contributed by atoms with Crippen molar-refractivity contribution in [3.8, 4) is 0 Å². The first-order valence-electron chi connectivity index (χ1n) is 13.4. The SMILES string of the molecule is O=C1NC(B(O)O)CCCCCCCCCCC(=O)N2C[C@H](OC(=O)N3Cc4ccccc4C3)CC12. The molecule has 0 radical (unpaired) electrons. The van der Waals surface area contributed by atoms with Crippen molar-refractivity contribution in [1.29, 1.82) is 0 Å². The van der Waals surface area contributed by atoms with Crippen LogP contribution >= 0.6 is 0 Å². The molecule has 196 valence electrons. The molecule has 2 saturated heterocycles. The Hall–Kier alpha value is -2.59. The average Bonchev–Trinajstić information content (AvgIpc) is 3.48. The Morgan fingerprint density at radius 1 is 0.944 bits per heavy atom. The molecule has 2 fully saturated rings. The Balaban J connectivity index is 1.42. The van der Waals surface area contributed by atoms with Crippen LogP contribution in [0.4, 0.5) is 4.79 Å². The molecule has 3 aliphatic rings. The number of carbonyl (C=O) groups excluding carboxylic acids is 3. The molecule has 3 atom stereocenters. The van der Waals surface area contributed by atoms with Gasteiger partial charge >= 0.3 is 13.2 Å². The van der Waals surface area contributed by atoms with E-state index in [-0.39, 0.29) is 18.9 Å². The molecule has 4 rings (SSSR count). The maximum Gasteiger partial charge on any atom is 0.475 e. The van der Waals surface area contributed by atoms with E-state index in [1.54, 1.807) is 4.90 Å². The number of hydrogen-bond donors (Lipinski definition) is 3. The Kier molecular flexibility index (Phi) is 9.26. The van der Waals surface area contributed by atoms with Crippen LogP contribution in [0.2, 0.25) is 0 Å². The molecular formula is C26H38BN3O6. The summed E-state index contributed by atoms with van der Waals surface area (Å²) in [4.78, 5) is 42.3. The van der Waals surface area contributed by atoms with E-state index in [4.69, 9.17) is 4.74 Å². The average molecular weight is 499 g/mol. The second-order valence-electron chi connectivity index (χ2n) is 10.3. The first-order chi connectivity index (χ1) is 17.4. The van der Waals surface area contributed by atoms with E-state index >= 15 is 0 Å². The maximum atomic E-state index is 13.2. The van der Waals surface area contributed by atoms with Crippen LogP contribution in [0.25, 0.3) is 0 Å². The molecular weight excluding hydrogens is 461 g/mol. The number of nitrogens with one attached hydrogen (secondary N) is 1. The summed E-state index contributed by atoms with van der Waals surface area (Å²) in [6.45, 7) is 1.12. The van der Waals surface area contributed by atoms with Crippen molar-refractivity contribution in [3.05, 3.63) is 35.4 Å². The van der Waals surface area contributed by atoms with Crippen LogP contribution in [0.15, 0.2) is 24.3 Å². The van der Waals surface area contributed by atoms with Gasteiger partial charge in [0.05, 0.1) is 12.5 Å². The number of nitrogens with zero attached hydrogens (tertiary/aromatic N) is 2. The fraction of sp³-hybridized carbons (Fsp3) is 0.654. The fourth-order valence-corrected chi connectivity index (χ4v) is 5.51. The summed E-state index contributed by atoms with van der Waals surface area (Å²) < 4.78 is 5.77. The van der Waals surface area contributed by atoms with Crippen LogP contribution in [-0.2, 0) is 27.4 Å². The fourth-order valence-electron chi connectivity index (χ4n) is 5.51. The van der Waals surface area contributed by atoms with Gasteiger partial charge in [0, 0.05) is 25.9 Å². The molecule has 1 aromatic rings. The van der Waals surface area contributed by atoms with Gasteiger partial charge in [-0.05, 0) is 24.0 Å². The van der Waals surface area contributed by atoms with Crippen molar-refractivity contribution in [1.82, 2.24) is 15.1 Å². The molecule has 0 aliphatic carbocycles. The molecule has 0 bridgehead atoms. The zero-order valence-electron chi connectivity index (χ0n) is 20.9. The quantitative estimate of drug-likeness (QED) is 0.538. The summed E-state index contributed by atoms with van der Waals surface area (Å²) in [5.41, 5.74) is 2.18. The third-order valence-corrected chi connectivity index (χ3v) is 7.60.